The molecular weight excluding hydrogens is 178 g/mol. The number of allylic oxidation sites excluding steroid dienone is 2. The second kappa shape index (κ2) is 2.35. The van der Waals surface area contributed by atoms with Gasteiger partial charge in [-0.25, -0.2) is 0 Å². The van der Waals surface area contributed by atoms with Crippen LogP contribution in [0.15, 0.2) is 12.2 Å². The highest BCUT2D eigenvalue weighted by atomic mass is 16.3. The monoisotopic (exact) mass is 191 g/mol. The second-order valence-corrected chi connectivity index (χ2v) is 4.05. The lowest BCUT2D eigenvalue weighted by Crippen LogP contribution is -1.94. The molecule has 0 fully saturated rings. The molecule has 0 saturated heterocycles. The normalized spacial score (nSPS) is 27.2. The second-order valence-electron chi connectivity index (χ2n) is 4.05. The van der Waals surface area contributed by atoms with E-state index in [0.29, 0.717) is 18.4 Å². The Morgan fingerprint density at radius 1 is 1.21 bits per heavy atom. The van der Waals surface area contributed by atoms with Gasteiger partial charge in [-0.3, -0.25) is 4.57 Å². The first-order valence-corrected chi connectivity index (χ1v) is 5.06. The molecular formula is C11H13NO2. The van der Waals surface area contributed by atoms with Gasteiger partial charge in [0.25, 0.3) is 0 Å². The first-order chi connectivity index (χ1) is 6.74. The highest BCUT2D eigenvalue weighted by Crippen LogP contribution is 2.56. The van der Waals surface area contributed by atoms with Gasteiger partial charge in [0.15, 0.2) is 11.8 Å². The fraction of sp³-hybridized carbons (Fsp3) is 0.455. The highest BCUT2D eigenvalue weighted by molar-refractivity contribution is 5.58. The number of hydrogen-bond acceptors (Lipinski definition) is 2. The number of rotatable bonds is 1. The average molecular weight is 191 g/mol. The van der Waals surface area contributed by atoms with Crippen molar-refractivity contribution in [3.8, 4) is 11.8 Å². The van der Waals surface area contributed by atoms with Gasteiger partial charge in [-0.05, 0) is 13.3 Å². The number of hydrogen-bond donors (Lipinski definition) is 2. The minimum Gasteiger partial charge on any atom is -0.494 e. The Morgan fingerprint density at radius 2 is 1.71 bits per heavy atom. The zero-order valence-electron chi connectivity index (χ0n) is 8.07. The summed E-state index contributed by atoms with van der Waals surface area (Å²) in [6.07, 6.45) is 5.29. The minimum absolute atomic E-state index is 0.261. The van der Waals surface area contributed by atoms with Gasteiger partial charge in [-0.2, -0.15) is 0 Å². The molecule has 2 atom stereocenters. The van der Waals surface area contributed by atoms with Crippen molar-refractivity contribution in [3.05, 3.63) is 23.3 Å². The van der Waals surface area contributed by atoms with Gasteiger partial charge in [-0.1, -0.05) is 12.2 Å². The van der Waals surface area contributed by atoms with E-state index in [0.717, 1.165) is 17.5 Å². The van der Waals surface area contributed by atoms with Crippen molar-refractivity contribution in [1.29, 1.82) is 0 Å². The summed E-state index contributed by atoms with van der Waals surface area (Å²) in [5.74, 6) is 1.18. The third kappa shape index (κ3) is 0.694. The Labute approximate surface area is 82.3 Å². The number of aromatic nitrogens is 1. The molecule has 1 aromatic rings. The maximum absolute atomic E-state index is 9.92. The van der Waals surface area contributed by atoms with Crippen molar-refractivity contribution in [2.45, 2.75) is 31.7 Å². The van der Waals surface area contributed by atoms with Crippen LogP contribution in [-0.4, -0.2) is 14.8 Å². The lowest BCUT2D eigenvalue weighted by Gasteiger charge is -2.06. The van der Waals surface area contributed by atoms with Gasteiger partial charge in [0.1, 0.15) is 0 Å². The predicted octanol–water partition coefficient (Wildman–Crippen LogP) is 2.06. The lowest BCUT2D eigenvalue weighted by molar-refractivity contribution is 0.367. The maximum atomic E-state index is 9.92. The van der Waals surface area contributed by atoms with Gasteiger partial charge in [-0.15, -0.1) is 0 Å². The maximum Gasteiger partial charge on any atom is 0.198 e. The van der Waals surface area contributed by atoms with Crippen molar-refractivity contribution < 1.29 is 10.2 Å². The smallest absolute Gasteiger partial charge is 0.198 e. The predicted molar refractivity (Wildman–Crippen MR) is 52.7 cm³/mol. The van der Waals surface area contributed by atoms with Crippen LogP contribution in [0.3, 0.4) is 0 Å². The fourth-order valence-corrected chi connectivity index (χ4v) is 2.79. The molecule has 0 aromatic carbocycles. The summed E-state index contributed by atoms with van der Waals surface area (Å²) in [6, 6.07) is 0. The first kappa shape index (κ1) is 7.97. The van der Waals surface area contributed by atoms with Gasteiger partial charge >= 0.3 is 0 Å². The Bertz CT molecular complexity index is 395. The zero-order chi connectivity index (χ0) is 9.87. The van der Waals surface area contributed by atoms with Crippen LogP contribution in [0.25, 0.3) is 0 Å². The Hall–Kier alpha value is -1.38. The van der Waals surface area contributed by atoms with Crippen LogP contribution >= 0.6 is 0 Å². The van der Waals surface area contributed by atoms with Crippen molar-refractivity contribution >= 4 is 0 Å². The Balaban J connectivity index is 2.27. The molecule has 2 N–H and O–H groups in total. The summed E-state index contributed by atoms with van der Waals surface area (Å²) >= 11 is 0. The van der Waals surface area contributed by atoms with Crippen molar-refractivity contribution in [3.63, 3.8) is 0 Å². The SMILES string of the molecule is CCn1c(O)c2c(c1O)C1C=CC2C1. The average Bonchev–Trinajstić information content (AvgIpc) is 2.80. The molecule has 1 aromatic heterocycles. The van der Waals surface area contributed by atoms with Crippen molar-refractivity contribution in [2.24, 2.45) is 0 Å². The molecule has 14 heavy (non-hydrogen) atoms. The number of fused-ring (bicyclic) bond motifs is 5. The molecule has 0 spiro atoms. The summed E-state index contributed by atoms with van der Waals surface area (Å²) in [7, 11) is 0. The van der Waals surface area contributed by atoms with E-state index in [1.807, 2.05) is 6.92 Å². The van der Waals surface area contributed by atoms with Crippen LogP contribution in [-0.2, 0) is 6.54 Å². The van der Waals surface area contributed by atoms with Gasteiger partial charge in [0.2, 0.25) is 0 Å². The molecule has 3 nitrogen and oxygen atoms in total. The summed E-state index contributed by atoms with van der Waals surface area (Å²) < 4.78 is 1.58. The molecule has 2 bridgehead atoms. The van der Waals surface area contributed by atoms with E-state index in [9.17, 15) is 10.2 Å². The molecule has 2 aliphatic carbocycles. The molecule has 0 saturated carbocycles. The van der Waals surface area contributed by atoms with Gasteiger partial charge < -0.3 is 10.2 Å². The summed E-state index contributed by atoms with van der Waals surface area (Å²) in [4.78, 5) is 0. The Kier molecular flexibility index (Phi) is 1.34. The molecule has 2 aliphatic rings. The zero-order valence-corrected chi connectivity index (χ0v) is 8.07. The third-order valence-corrected chi connectivity index (χ3v) is 3.42. The van der Waals surface area contributed by atoms with E-state index in [2.05, 4.69) is 12.2 Å². The molecule has 74 valence electrons. The number of aromatic hydroxyl groups is 2. The van der Waals surface area contributed by atoms with Crippen LogP contribution in [0.5, 0.6) is 11.8 Å². The van der Waals surface area contributed by atoms with Gasteiger partial charge in [0, 0.05) is 29.5 Å². The highest BCUT2D eigenvalue weighted by Gasteiger charge is 2.40. The lowest BCUT2D eigenvalue weighted by atomic mass is 10.0. The van der Waals surface area contributed by atoms with E-state index in [1.165, 1.54) is 0 Å². The quantitative estimate of drug-likeness (QED) is 0.667. The van der Waals surface area contributed by atoms with Crippen LogP contribution in [0.1, 0.15) is 36.3 Å². The number of nitrogens with zero attached hydrogens (tertiary/aromatic N) is 1. The minimum atomic E-state index is 0.261. The summed E-state index contributed by atoms with van der Waals surface area (Å²) in [5, 5.41) is 19.8. The van der Waals surface area contributed by atoms with E-state index in [4.69, 9.17) is 0 Å². The standard InChI is InChI=1S/C11H13NO2/c1-2-12-10(13)8-6-3-4-7(5-6)9(8)11(12)14/h3-4,6-7,13-14H,2,5H2,1H3. The van der Waals surface area contributed by atoms with Gasteiger partial charge in [0.05, 0.1) is 0 Å². The molecule has 0 aliphatic heterocycles. The first-order valence-electron chi connectivity index (χ1n) is 5.06. The Morgan fingerprint density at radius 3 is 2.14 bits per heavy atom. The van der Waals surface area contributed by atoms with Crippen LogP contribution < -0.4 is 0 Å². The molecule has 1 heterocycles. The van der Waals surface area contributed by atoms with E-state index >= 15 is 0 Å². The molecule has 3 heteroatoms. The molecule has 2 unspecified atom stereocenters. The summed E-state index contributed by atoms with van der Waals surface area (Å²) in [6.45, 7) is 2.54. The van der Waals surface area contributed by atoms with Crippen molar-refractivity contribution in [2.75, 3.05) is 0 Å². The molecule has 3 rings (SSSR count). The molecule has 0 amide bonds. The van der Waals surface area contributed by atoms with Crippen molar-refractivity contribution in [1.82, 2.24) is 4.57 Å². The van der Waals surface area contributed by atoms with E-state index in [1.54, 1.807) is 4.57 Å². The van der Waals surface area contributed by atoms with Crippen LogP contribution in [0, 0.1) is 0 Å². The topological polar surface area (TPSA) is 45.4 Å². The van der Waals surface area contributed by atoms with E-state index in [-0.39, 0.29) is 11.8 Å². The fourth-order valence-electron chi connectivity index (χ4n) is 2.79. The largest absolute Gasteiger partial charge is 0.494 e. The van der Waals surface area contributed by atoms with Crippen LogP contribution in [0.4, 0.5) is 0 Å². The molecule has 0 radical (unpaired) electrons. The third-order valence-electron chi connectivity index (χ3n) is 3.42. The van der Waals surface area contributed by atoms with E-state index < -0.39 is 0 Å². The van der Waals surface area contributed by atoms with Crippen LogP contribution in [0.2, 0.25) is 0 Å². The summed E-state index contributed by atoms with van der Waals surface area (Å²) in [5.41, 5.74) is 1.91.